The molecule has 0 saturated carbocycles. The van der Waals surface area contributed by atoms with Gasteiger partial charge in [0.05, 0.1) is 22.2 Å². The van der Waals surface area contributed by atoms with Gasteiger partial charge in [-0.1, -0.05) is 54.4 Å². The normalized spacial score (nSPS) is 11.8. The van der Waals surface area contributed by atoms with E-state index in [1.807, 2.05) is 56.3 Å². The molecular formula is C28H24ClN3O3S. The number of hydrogen-bond acceptors (Lipinski definition) is 5. The molecule has 1 aromatic heterocycles. The van der Waals surface area contributed by atoms with E-state index in [4.69, 9.17) is 21.4 Å². The van der Waals surface area contributed by atoms with E-state index in [1.165, 1.54) is 18.2 Å². The minimum atomic E-state index is -4.03. The van der Waals surface area contributed by atoms with E-state index < -0.39 is 9.84 Å². The summed E-state index contributed by atoms with van der Waals surface area (Å²) in [7, 11) is -4.03. The van der Waals surface area contributed by atoms with Gasteiger partial charge in [-0.3, -0.25) is 0 Å². The van der Waals surface area contributed by atoms with Gasteiger partial charge in [0, 0.05) is 17.3 Å². The van der Waals surface area contributed by atoms with Crippen LogP contribution in [0.15, 0.2) is 88.8 Å². The fourth-order valence-corrected chi connectivity index (χ4v) is 4.95. The van der Waals surface area contributed by atoms with Gasteiger partial charge in [-0.05, 0) is 61.9 Å². The van der Waals surface area contributed by atoms with Crippen LogP contribution in [0.2, 0.25) is 5.02 Å². The first-order valence-corrected chi connectivity index (χ1v) is 13.2. The summed E-state index contributed by atoms with van der Waals surface area (Å²) in [6.07, 6.45) is 3.90. The molecule has 0 unspecified atom stereocenters. The molecular weight excluding hydrogens is 494 g/mol. The van der Waals surface area contributed by atoms with E-state index in [9.17, 15) is 13.7 Å². The third kappa shape index (κ3) is 5.35. The quantitative estimate of drug-likeness (QED) is 0.245. The molecule has 0 bridgehead atoms. The Morgan fingerprint density at radius 2 is 1.83 bits per heavy atom. The monoisotopic (exact) mass is 517 g/mol. The molecule has 0 fully saturated rings. The molecule has 0 saturated heterocycles. The molecule has 8 heteroatoms. The molecule has 4 rings (SSSR count). The van der Waals surface area contributed by atoms with E-state index in [0.717, 1.165) is 17.7 Å². The summed E-state index contributed by atoms with van der Waals surface area (Å²) in [6, 6.07) is 23.0. The van der Waals surface area contributed by atoms with Crippen LogP contribution in [0.25, 0.3) is 23.0 Å². The number of benzene rings is 3. The SMILES string of the molecule is CCCOc1ccc(-c2nn(-c3ccccc3)cc2C=C(C#N)S(=O)(=O)c2ccc(C)cc2)cc1Cl. The zero-order valence-corrected chi connectivity index (χ0v) is 21.4. The van der Waals surface area contributed by atoms with Gasteiger partial charge in [-0.2, -0.15) is 10.4 Å². The zero-order valence-electron chi connectivity index (χ0n) is 19.8. The Hall–Kier alpha value is -3.86. The number of nitriles is 1. The minimum Gasteiger partial charge on any atom is -0.492 e. The van der Waals surface area contributed by atoms with Crippen molar-refractivity contribution in [1.29, 1.82) is 5.26 Å². The summed E-state index contributed by atoms with van der Waals surface area (Å²) in [5.41, 5.74) is 3.31. The molecule has 0 aliphatic carbocycles. The van der Waals surface area contributed by atoms with Gasteiger partial charge >= 0.3 is 0 Å². The number of halogens is 1. The maximum atomic E-state index is 13.2. The van der Waals surface area contributed by atoms with Crippen molar-refractivity contribution >= 4 is 27.5 Å². The van der Waals surface area contributed by atoms with Gasteiger partial charge in [-0.15, -0.1) is 0 Å². The Kier molecular flexibility index (Phi) is 7.58. The fraction of sp³-hybridized carbons (Fsp3) is 0.143. The number of hydrogen-bond donors (Lipinski definition) is 0. The van der Waals surface area contributed by atoms with Crippen LogP contribution in [-0.2, 0) is 9.84 Å². The van der Waals surface area contributed by atoms with Crippen molar-refractivity contribution in [1.82, 2.24) is 9.78 Å². The first-order valence-electron chi connectivity index (χ1n) is 11.3. The van der Waals surface area contributed by atoms with Crippen molar-refractivity contribution < 1.29 is 13.2 Å². The number of rotatable bonds is 8. The molecule has 0 N–H and O–H groups in total. The second-order valence-electron chi connectivity index (χ2n) is 8.14. The number of aryl methyl sites for hydroxylation is 1. The highest BCUT2D eigenvalue weighted by molar-refractivity contribution is 7.95. The molecule has 182 valence electrons. The van der Waals surface area contributed by atoms with Gasteiger partial charge in [0.25, 0.3) is 0 Å². The lowest BCUT2D eigenvalue weighted by Crippen LogP contribution is -2.03. The number of nitrogens with zero attached hydrogens (tertiary/aromatic N) is 3. The third-order valence-electron chi connectivity index (χ3n) is 5.45. The zero-order chi connectivity index (χ0) is 25.7. The summed E-state index contributed by atoms with van der Waals surface area (Å²) in [6.45, 7) is 4.41. The number of ether oxygens (including phenoxy) is 1. The van der Waals surface area contributed by atoms with E-state index in [-0.39, 0.29) is 9.80 Å². The summed E-state index contributed by atoms with van der Waals surface area (Å²) in [5, 5.41) is 14.9. The standard InChI is InChI=1S/C28H24ClN3O3S/c1-3-15-35-27-14-11-21(17-26(27)29)28-22(19-32(31-28)23-7-5-4-6-8-23)16-25(18-30)36(33,34)24-12-9-20(2)10-13-24/h4-14,16-17,19H,3,15H2,1-2H3. The van der Waals surface area contributed by atoms with Crippen LogP contribution in [-0.4, -0.2) is 24.8 Å². The van der Waals surface area contributed by atoms with Gasteiger partial charge in [-0.25, -0.2) is 13.1 Å². The molecule has 0 atom stereocenters. The first-order chi connectivity index (χ1) is 17.3. The molecule has 3 aromatic carbocycles. The van der Waals surface area contributed by atoms with Crippen molar-refractivity contribution in [3.8, 4) is 28.8 Å². The molecule has 4 aromatic rings. The van der Waals surface area contributed by atoms with E-state index in [2.05, 4.69) is 0 Å². The summed E-state index contributed by atoms with van der Waals surface area (Å²) < 4.78 is 33.8. The first kappa shape index (κ1) is 25.2. The third-order valence-corrected chi connectivity index (χ3v) is 7.42. The van der Waals surface area contributed by atoms with E-state index in [0.29, 0.717) is 34.2 Å². The van der Waals surface area contributed by atoms with Crippen LogP contribution in [0.1, 0.15) is 24.5 Å². The molecule has 36 heavy (non-hydrogen) atoms. The highest BCUT2D eigenvalue weighted by Gasteiger charge is 2.22. The highest BCUT2D eigenvalue weighted by Crippen LogP contribution is 2.33. The number of aromatic nitrogens is 2. The lowest BCUT2D eigenvalue weighted by Gasteiger charge is -2.08. The maximum Gasteiger partial charge on any atom is 0.216 e. The van der Waals surface area contributed by atoms with Crippen molar-refractivity contribution in [2.75, 3.05) is 6.61 Å². The fourth-order valence-electron chi connectivity index (χ4n) is 3.56. The lowest BCUT2D eigenvalue weighted by molar-refractivity contribution is 0.317. The van der Waals surface area contributed by atoms with Crippen LogP contribution in [0.4, 0.5) is 0 Å². The largest absolute Gasteiger partial charge is 0.492 e. The topological polar surface area (TPSA) is 85.0 Å². The van der Waals surface area contributed by atoms with Crippen molar-refractivity contribution in [2.24, 2.45) is 0 Å². The summed E-state index contributed by atoms with van der Waals surface area (Å²) >= 11 is 6.47. The minimum absolute atomic E-state index is 0.0540. The number of sulfone groups is 1. The average Bonchev–Trinajstić information content (AvgIpc) is 3.31. The van der Waals surface area contributed by atoms with E-state index >= 15 is 0 Å². The van der Waals surface area contributed by atoms with Crippen LogP contribution in [0.5, 0.6) is 5.75 Å². The van der Waals surface area contributed by atoms with Crippen molar-refractivity contribution in [3.63, 3.8) is 0 Å². The Morgan fingerprint density at radius 1 is 1.11 bits per heavy atom. The van der Waals surface area contributed by atoms with Crippen LogP contribution < -0.4 is 4.74 Å². The molecule has 1 heterocycles. The van der Waals surface area contributed by atoms with Crippen molar-refractivity contribution in [3.05, 3.63) is 100 Å². The Balaban J connectivity index is 1.85. The molecule has 0 aliphatic rings. The smallest absolute Gasteiger partial charge is 0.216 e. The predicted molar refractivity (Wildman–Crippen MR) is 142 cm³/mol. The van der Waals surface area contributed by atoms with Crippen LogP contribution >= 0.6 is 11.6 Å². The van der Waals surface area contributed by atoms with Gasteiger partial charge in [0.15, 0.2) is 0 Å². The van der Waals surface area contributed by atoms with E-state index in [1.54, 1.807) is 35.1 Å². The highest BCUT2D eigenvalue weighted by atomic mass is 35.5. The number of para-hydroxylation sites is 1. The summed E-state index contributed by atoms with van der Waals surface area (Å²) in [5.74, 6) is 0.557. The molecule has 0 aliphatic heterocycles. The predicted octanol–water partition coefficient (Wildman–Crippen LogP) is 6.63. The van der Waals surface area contributed by atoms with Crippen LogP contribution in [0.3, 0.4) is 0 Å². The second kappa shape index (κ2) is 10.8. The Morgan fingerprint density at radius 3 is 2.47 bits per heavy atom. The Bertz CT molecular complexity index is 1550. The average molecular weight is 518 g/mol. The summed E-state index contributed by atoms with van der Waals surface area (Å²) in [4.78, 5) is -0.326. The number of allylic oxidation sites excluding steroid dienone is 1. The molecule has 6 nitrogen and oxygen atoms in total. The Labute approximate surface area is 216 Å². The maximum absolute atomic E-state index is 13.2. The molecule has 0 radical (unpaired) electrons. The second-order valence-corrected chi connectivity index (χ2v) is 10.5. The van der Waals surface area contributed by atoms with Gasteiger partial charge in [0.1, 0.15) is 22.4 Å². The lowest BCUT2D eigenvalue weighted by atomic mass is 10.1. The molecule has 0 spiro atoms. The molecule has 0 amide bonds. The van der Waals surface area contributed by atoms with Gasteiger partial charge < -0.3 is 4.74 Å². The van der Waals surface area contributed by atoms with Gasteiger partial charge in [0.2, 0.25) is 9.84 Å². The van der Waals surface area contributed by atoms with Crippen molar-refractivity contribution in [2.45, 2.75) is 25.2 Å². The van der Waals surface area contributed by atoms with Crippen LogP contribution in [0, 0.1) is 18.3 Å².